The number of nitro groups is 1. The molecule has 0 heterocycles. The van der Waals surface area contributed by atoms with E-state index in [1.165, 1.54) is 12.1 Å². The molecule has 0 aromatic heterocycles. The zero-order valence-electron chi connectivity index (χ0n) is 15.3. The number of hydrogen-bond donors (Lipinski definition) is 1. The van der Waals surface area contributed by atoms with Gasteiger partial charge in [-0.25, -0.2) is 8.42 Å². The molecule has 1 amide bonds. The monoisotopic (exact) mass is 410 g/mol. The number of carbonyl (C=O) groups is 1. The minimum Gasteiger partial charge on any atom is -0.348 e. The lowest BCUT2D eigenvalue weighted by Gasteiger charge is -2.07. The lowest BCUT2D eigenvalue weighted by molar-refractivity contribution is -0.384. The van der Waals surface area contributed by atoms with Crippen LogP contribution in [-0.2, 0) is 22.1 Å². The van der Waals surface area contributed by atoms with E-state index in [1.54, 1.807) is 66.7 Å². The zero-order chi connectivity index (χ0) is 20.9. The van der Waals surface area contributed by atoms with Gasteiger partial charge in [0.1, 0.15) is 0 Å². The molecular weight excluding hydrogens is 392 g/mol. The van der Waals surface area contributed by atoms with Crippen molar-refractivity contribution in [3.8, 4) is 0 Å². The van der Waals surface area contributed by atoms with E-state index in [4.69, 9.17) is 0 Å². The molecule has 3 aromatic carbocycles. The molecule has 0 saturated carbocycles. The third-order valence-electron chi connectivity index (χ3n) is 4.28. The molecule has 29 heavy (non-hydrogen) atoms. The van der Waals surface area contributed by atoms with Crippen molar-refractivity contribution in [3.63, 3.8) is 0 Å². The summed E-state index contributed by atoms with van der Waals surface area (Å²) in [6.07, 6.45) is 0. The molecule has 3 aromatic rings. The van der Waals surface area contributed by atoms with Crippen molar-refractivity contribution >= 4 is 21.4 Å². The molecular formula is C21H18N2O5S. The minimum atomic E-state index is -3.45. The number of rotatable bonds is 7. The molecule has 0 atom stereocenters. The number of nitro benzene ring substituents is 1. The minimum absolute atomic E-state index is 0.0129. The maximum absolute atomic E-state index is 12.4. The van der Waals surface area contributed by atoms with E-state index < -0.39 is 14.8 Å². The van der Waals surface area contributed by atoms with Crippen LogP contribution < -0.4 is 5.32 Å². The fourth-order valence-electron chi connectivity index (χ4n) is 2.70. The van der Waals surface area contributed by atoms with Gasteiger partial charge in [0.05, 0.1) is 15.6 Å². The Kier molecular flexibility index (Phi) is 6.04. The van der Waals surface area contributed by atoms with E-state index in [0.717, 1.165) is 5.56 Å². The van der Waals surface area contributed by atoms with E-state index in [0.29, 0.717) is 11.1 Å². The van der Waals surface area contributed by atoms with Crippen molar-refractivity contribution < 1.29 is 18.1 Å². The summed E-state index contributed by atoms with van der Waals surface area (Å²) < 4.78 is 24.8. The van der Waals surface area contributed by atoms with Crippen molar-refractivity contribution in [2.75, 3.05) is 0 Å². The van der Waals surface area contributed by atoms with Gasteiger partial charge in [0.25, 0.3) is 11.6 Å². The Morgan fingerprint density at radius 2 is 1.45 bits per heavy atom. The molecule has 0 bridgehead atoms. The molecule has 3 rings (SSSR count). The lowest BCUT2D eigenvalue weighted by Crippen LogP contribution is -2.22. The summed E-state index contributed by atoms with van der Waals surface area (Å²) in [6, 6.07) is 20.5. The van der Waals surface area contributed by atoms with Crippen molar-refractivity contribution in [3.05, 3.63) is 106 Å². The van der Waals surface area contributed by atoms with Gasteiger partial charge in [-0.3, -0.25) is 14.9 Å². The SMILES string of the molecule is O=C(NCc1ccc([N+](=O)[O-])cc1)c1ccc(CS(=O)(=O)c2ccccc2)cc1. The van der Waals surface area contributed by atoms with Crippen LogP contribution in [0.5, 0.6) is 0 Å². The van der Waals surface area contributed by atoms with E-state index in [9.17, 15) is 23.3 Å². The van der Waals surface area contributed by atoms with Crippen molar-refractivity contribution in [2.45, 2.75) is 17.2 Å². The lowest BCUT2D eigenvalue weighted by atomic mass is 10.1. The highest BCUT2D eigenvalue weighted by molar-refractivity contribution is 7.90. The Morgan fingerprint density at radius 3 is 2.03 bits per heavy atom. The Morgan fingerprint density at radius 1 is 0.862 bits per heavy atom. The predicted octanol–water partition coefficient (Wildman–Crippen LogP) is 3.50. The predicted molar refractivity (Wildman–Crippen MR) is 108 cm³/mol. The highest BCUT2D eigenvalue weighted by atomic mass is 32.2. The van der Waals surface area contributed by atoms with Gasteiger partial charge in [-0.05, 0) is 35.4 Å². The van der Waals surface area contributed by atoms with Gasteiger partial charge >= 0.3 is 0 Å². The molecule has 0 aliphatic rings. The summed E-state index contributed by atoms with van der Waals surface area (Å²) in [5.74, 6) is -0.470. The van der Waals surface area contributed by atoms with Crippen LogP contribution >= 0.6 is 0 Å². The molecule has 0 aliphatic carbocycles. The van der Waals surface area contributed by atoms with Crippen LogP contribution in [0.15, 0.2) is 83.8 Å². The normalized spacial score (nSPS) is 11.0. The van der Waals surface area contributed by atoms with Crippen LogP contribution in [0.3, 0.4) is 0 Å². The van der Waals surface area contributed by atoms with E-state index in [-0.39, 0.29) is 28.8 Å². The molecule has 0 fully saturated rings. The van der Waals surface area contributed by atoms with Crippen LogP contribution in [0.25, 0.3) is 0 Å². The van der Waals surface area contributed by atoms with Crippen LogP contribution in [-0.4, -0.2) is 19.2 Å². The highest BCUT2D eigenvalue weighted by Crippen LogP contribution is 2.17. The standard InChI is InChI=1S/C21H18N2O5S/c24-21(22-14-16-8-12-19(13-9-16)23(25)26)18-10-6-17(7-11-18)15-29(27,28)20-4-2-1-3-5-20/h1-13H,14-15H2,(H,22,24). The average molecular weight is 410 g/mol. The number of non-ortho nitro benzene ring substituents is 1. The third-order valence-corrected chi connectivity index (χ3v) is 5.98. The number of benzene rings is 3. The Hall–Kier alpha value is -3.52. The van der Waals surface area contributed by atoms with Gasteiger partial charge in [0, 0.05) is 24.2 Å². The first-order valence-corrected chi connectivity index (χ1v) is 10.4. The van der Waals surface area contributed by atoms with Crippen molar-refractivity contribution in [2.24, 2.45) is 0 Å². The van der Waals surface area contributed by atoms with E-state index >= 15 is 0 Å². The summed E-state index contributed by atoms with van der Waals surface area (Å²) in [5, 5.41) is 13.4. The average Bonchev–Trinajstić information content (AvgIpc) is 2.73. The Balaban J connectivity index is 1.60. The topological polar surface area (TPSA) is 106 Å². The van der Waals surface area contributed by atoms with Crippen LogP contribution in [0.4, 0.5) is 5.69 Å². The zero-order valence-corrected chi connectivity index (χ0v) is 16.1. The second-order valence-corrected chi connectivity index (χ2v) is 8.36. The van der Waals surface area contributed by atoms with Gasteiger partial charge in [-0.2, -0.15) is 0 Å². The third kappa shape index (κ3) is 5.26. The molecule has 0 aliphatic heterocycles. The first kappa shape index (κ1) is 20.2. The maximum Gasteiger partial charge on any atom is 0.269 e. The first-order chi connectivity index (χ1) is 13.8. The van der Waals surface area contributed by atoms with Crippen LogP contribution in [0.2, 0.25) is 0 Å². The molecule has 8 heteroatoms. The number of amides is 1. The van der Waals surface area contributed by atoms with Crippen LogP contribution in [0, 0.1) is 10.1 Å². The van der Waals surface area contributed by atoms with Gasteiger partial charge < -0.3 is 5.32 Å². The number of carbonyl (C=O) groups excluding carboxylic acids is 1. The van der Waals surface area contributed by atoms with Crippen molar-refractivity contribution in [1.82, 2.24) is 5.32 Å². The summed E-state index contributed by atoms with van der Waals surface area (Å²) in [5.41, 5.74) is 1.70. The summed E-state index contributed by atoms with van der Waals surface area (Å²) in [7, 11) is -3.45. The number of nitrogens with one attached hydrogen (secondary N) is 1. The summed E-state index contributed by atoms with van der Waals surface area (Å²) >= 11 is 0. The van der Waals surface area contributed by atoms with Gasteiger partial charge in [-0.15, -0.1) is 0 Å². The molecule has 148 valence electrons. The second-order valence-electron chi connectivity index (χ2n) is 6.38. The van der Waals surface area contributed by atoms with Crippen LogP contribution in [0.1, 0.15) is 21.5 Å². The Labute approximate surface area is 168 Å². The molecule has 0 spiro atoms. The smallest absolute Gasteiger partial charge is 0.269 e. The maximum atomic E-state index is 12.4. The Bertz CT molecular complexity index is 1110. The summed E-state index contributed by atoms with van der Waals surface area (Å²) in [4.78, 5) is 22.7. The highest BCUT2D eigenvalue weighted by Gasteiger charge is 2.15. The van der Waals surface area contributed by atoms with Gasteiger partial charge in [0.2, 0.25) is 0 Å². The molecule has 7 nitrogen and oxygen atoms in total. The number of sulfone groups is 1. The van der Waals surface area contributed by atoms with E-state index in [2.05, 4.69) is 5.32 Å². The molecule has 0 saturated heterocycles. The van der Waals surface area contributed by atoms with Gasteiger partial charge in [-0.1, -0.05) is 42.5 Å². The summed E-state index contributed by atoms with van der Waals surface area (Å²) in [6.45, 7) is 0.223. The fourth-order valence-corrected chi connectivity index (χ4v) is 4.07. The van der Waals surface area contributed by atoms with Gasteiger partial charge in [0.15, 0.2) is 9.84 Å². The molecule has 0 radical (unpaired) electrons. The van der Waals surface area contributed by atoms with E-state index in [1.807, 2.05) is 0 Å². The number of hydrogen-bond acceptors (Lipinski definition) is 5. The largest absolute Gasteiger partial charge is 0.348 e. The van der Waals surface area contributed by atoms with Crippen molar-refractivity contribution in [1.29, 1.82) is 0 Å². The second kappa shape index (κ2) is 8.66. The molecule has 0 unspecified atom stereocenters. The molecule has 1 N–H and O–H groups in total. The fraction of sp³-hybridized carbons (Fsp3) is 0.0952. The number of nitrogens with zero attached hydrogens (tertiary/aromatic N) is 1. The first-order valence-electron chi connectivity index (χ1n) is 8.73. The quantitative estimate of drug-likeness (QED) is 0.474.